The number of nitrogens with one attached hydrogen (secondary N) is 2. The molecule has 3 heterocycles. The van der Waals surface area contributed by atoms with Crippen molar-refractivity contribution in [2.24, 2.45) is 0 Å². The molecule has 1 fully saturated rings. The molecule has 0 saturated carbocycles. The van der Waals surface area contributed by atoms with Gasteiger partial charge >= 0.3 is 6.03 Å². The number of rotatable bonds is 10. The van der Waals surface area contributed by atoms with Gasteiger partial charge in [-0.05, 0) is 62.5 Å². The summed E-state index contributed by atoms with van der Waals surface area (Å²) in [6, 6.07) is 15.5. The molecule has 41 heavy (non-hydrogen) atoms. The third kappa shape index (κ3) is 6.49. The molecule has 2 unspecified atom stereocenters. The fraction of sp³-hybridized carbons (Fsp3) is 0.321. The zero-order valence-corrected chi connectivity index (χ0v) is 22.6. The van der Waals surface area contributed by atoms with E-state index in [0.29, 0.717) is 65.8 Å². The number of carbonyl (C=O) groups is 1. The van der Waals surface area contributed by atoms with Crippen molar-refractivity contribution in [3.63, 3.8) is 0 Å². The number of para-hydroxylation sites is 2. The molecule has 4 aromatic rings. The number of nitrogens with two attached hydrogens (primary N) is 2. The number of urea groups is 1. The highest BCUT2D eigenvalue weighted by atomic mass is 16.6. The molecule has 0 radical (unpaired) electrons. The average Bonchev–Trinajstić information content (AvgIpc) is 3.51. The van der Waals surface area contributed by atoms with Crippen LogP contribution in [-0.2, 0) is 4.74 Å². The number of benzene rings is 2. The summed E-state index contributed by atoms with van der Waals surface area (Å²) in [6.07, 6.45) is 0.00952. The van der Waals surface area contributed by atoms with Crippen LogP contribution in [0.2, 0.25) is 0 Å². The Bertz CT molecular complexity index is 1480. The summed E-state index contributed by atoms with van der Waals surface area (Å²) in [5.41, 5.74) is 14.5. The van der Waals surface area contributed by atoms with E-state index in [9.17, 15) is 15.0 Å². The summed E-state index contributed by atoms with van der Waals surface area (Å²) in [4.78, 5) is 22.8. The number of nitrogens with zero attached hydrogens (tertiary/aromatic N) is 4. The van der Waals surface area contributed by atoms with Gasteiger partial charge < -0.3 is 46.7 Å². The van der Waals surface area contributed by atoms with Crippen molar-refractivity contribution in [3.8, 4) is 11.5 Å². The number of aliphatic hydroxyl groups is 2. The zero-order chi connectivity index (χ0) is 28.9. The molecule has 8 N–H and O–H groups in total. The Labute approximate surface area is 236 Å². The van der Waals surface area contributed by atoms with Crippen LogP contribution in [0.3, 0.4) is 0 Å². The summed E-state index contributed by atoms with van der Waals surface area (Å²) in [5.74, 6) is 1.17. The number of imidazole rings is 1. The highest BCUT2D eigenvalue weighted by molar-refractivity contribution is 5.89. The largest absolute Gasteiger partial charge is 0.455 e. The average molecular weight is 563 g/mol. The van der Waals surface area contributed by atoms with E-state index in [1.807, 2.05) is 24.1 Å². The van der Waals surface area contributed by atoms with Crippen molar-refractivity contribution in [3.05, 3.63) is 67.1 Å². The van der Waals surface area contributed by atoms with Gasteiger partial charge in [0.25, 0.3) is 0 Å². The van der Waals surface area contributed by atoms with Gasteiger partial charge in [-0.2, -0.15) is 0 Å². The van der Waals surface area contributed by atoms with E-state index in [4.69, 9.17) is 20.9 Å². The molecule has 5 rings (SSSR count). The van der Waals surface area contributed by atoms with E-state index in [1.165, 1.54) is 6.33 Å². The monoisotopic (exact) mass is 562 g/mol. The lowest BCUT2D eigenvalue weighted by Crippen LogP contribution is -2.39. The van der Waals surface area contributed by atoms with E-state index < -0.39 is 24.5 Å². The molecule has 216 valence electrons. The second-order valence-electron chi connectivity index (χ2n) is 9.93. The van der Waals surface area contributed by atoms with Crippen LogP contribution < -0.4 is 26.8 Å². The first-order chi connectivity index (χ1) is 19.8. The first-order valence-electron chi connectivity index (χ1n) is 13.2. The normalized spacial score (nSPS) is 20.4. The maximum Gasteiger partial charge on any atom is 0.319 e. The van der Waals surface area contributed by atoms with Gasteiger partial charge in [-0.1, -0.05) is 12.1 Å². The Hall–Kier alpha value is -4.43. The van der Waals surface area contributed by atoms with Crippen LogP contribution in [0.15, 0.2) is 67.1 Å². The fourth-order valence-corrected chi connectivity index (χ4v) is 4.68. The van der Waals surface area contributed by atoms with Crippen molar-refractivity contribution in [2.45, 2.75) is 31.0 Å². The topological polar surface area (TPSA) is 186 Å². The molecular weight excluding hydrogens is 528 g/mol. The lowest BCUT2D eigenvalue weighted by Gasteiger charge is -2.22. The summed E-state index contributed by atoms with van der Waals surface area (Å²) < 4.78 is 13.4. The number of nitrogen functional groups attached to an aromatic ring is 2. The first-order valence-corrected chi connectivity index (χ1v) is 13.2. The maximum atomic E-state index is 12.3. The molecule has 2 aromatic carbocycles. The van der Waals surface area contributed by atoms with Gasteiger partial charge in [0.15, 0.2) is 11.9 Å². The van der Waals surface area contributed by atoms with Gasteiger partial charge in [-0.3, -0.25) is 4.57 Å². The van der Waals surface area contributed by atoms with Crippen molar-refractivity contribution < 1.29 is 24.5 Å². The van der Waals surface area contributed by atoms with Crippen molar-refractivity contribution in [2.75, 3.05) is 43.5 Å². The first kappa shape index (κ1) is 28.1. The molecule has 13 heteroatoms. The Balaban J connectivity index is 1.04. The minimum absolute atomic E-state index is 0.323. The van der Waals surface area contributed by atoms with Gasteiger partial charge in [0.05, 0.1) is 17.7 Å². The standard InChI is InChI=1S/C28H34N8O5/c1-35(15-22-24(37)25(38)27(41-22)36-16-33-23-20(30)11-13-31-26(23)36)14-4-12-32-28(39)34-17-7-9-18(10-8-17)40-21-6-3-2-5-19(21)29/h2-3,5-11,13,16,22,24-25,27,37-38H,4,12,14-15,29H2,1H3,(H2,30,31)(H2,32,34,39)/t22-,24?,25?,27-/m1/s1. The summed E-state index contributed by atoms with van der Waals surface area (Å²) >= 11 is 0. The highest BCUT2D eigenvalue weighted by Gasteiger charge is 2.44. The van der Waals surface area contributed by atoms with Crippen molar-refractivity contribution in [1.29, 1.82) is 0 Å². The number of aliphatic hydroxyl groups excluding tert-OH is 2. The number of carbonyl (C=O) groups excluding carboxylic acids is 1. The third-order valence-corrected chi connectivity index (χ3v) is 6.86. The maximum absolute atomic E-state index is 12.3. The summed E-state index contributed by atoms with van der Waals surface area (Å²) in [7, 11) is 1.89. The number of amides is 2. The van der Waals surface area contributed by atoms with Crippen LogP contribution >= 0.6 is 0 Å². The number of fused-ring (bicyclic) bond motifs is 1. The second-order valence-corrected chi connectivity index (χ2v) is 9.93. The Morgan fingerprint density at radius 3 is 2.63 bits per heavy atom. The van der Waals surface area contributed by atoms with Crippen LogP contribution in [0, 0.1) is 0 Å². The van der Waals surface area contributed by atoms with E-state index in [2.05, 4.69) is 20.6 Å². The molecule has 2 amide bonds. The molecule has 1 aliphatic heterocycles. The van der Waals surface area contributed by atoms with Crippen molar-refractivity contribution in [1.82, 2.24) is 24.8 Å². The summed E-state index contributed by atoms with van der Waals surface area (Å²) in [5, 5.41) is 26.9. The number of ether oxygens (including phenoxy) is 2. The second kappa shape index (κ2) is 12.4. The van der Waals surface area contributed by atoms with E-state index in [0.717, 1.165) is 0 Å². The zero-order valence-electron chi connectivity index (χ0n) is 22.6. The number of hydrogen-bond donors (Lipinski definition) is 6. The smallest absolute Gasteiger partial charge is 0.319 e. The molecule has 4 atom stereocenters. The molecule has 1 saturated heterocycles. The van der Waals surface area contributed by atoms with Crippen LogP contribution in [0.5, 0.6) is 11.5 Å². The van der Waals surface area contributed by atoms with Crippen LogP contribution in [0.25, 0.3) is 11.2 Å². The molecule has 1 aliphatic rings. The highest BCUT2D eigenvalue weighted by Crippen LogP contribution is 2.32. The fourth-order valence-electron chi connectivity index (χ4n) is 4.68. The number of hydrogen-bond acceptors (Lipinski definition) is 10. The number of pyridine rings is 1. The number of anilines is 3. The molecule has 2 aromatic heterocycles. The number of aromatic nitrogens is 3. The molecule has 13 nitrogen and oxygen atoms in total. The van der Waals surface area contributed by atoms with Crippen LogP contribution in [0.4, 0.5) is 21.9 Å². The Morgan fingerprint density at radius 2 is 1.85 bits per heavy atom. The predicted octanol–water partition coefficient (Wildman–Crippen LogP) is 2.15. The number of likely N-dealkylation sites (N-methyl/N-ethyl adjacent to an activating group) is 1. The molecule has 0 aliphatic carbocycles. The lowest BCUT2D eigenvalue weighted by atomic mass is 10.1. The Morgan fingerprint density at radius 1 is 1.07 bits per heavy atom. The van der Waals surface area contributed by atoms with Gasteiger partial charge in [0.1, 0.15) is 35.3 Å². The van der Waals surface area contributed by atoms with E-state index in [1.54, 1.807) is 53.2 Å². The quantitative estimate of drug-likeness (QED) is 0.124. The summed E-state index contributed by atoms with van der Waals surface area (Å²) in [6.45, 7) is 1.46. The van der Waals surface area contributed by atoms with Crippen LogP contribution in [-0.4, -0.2) is 80.7 Å². The van der Waals surface area contributed by atoms with E-state index in [-0.39, 0.29) is 6.03 Å². The minimum Gasteiger partial charge on any atom is -0.455 e. The third-order valence-electron chi connectivity index (χ3n) is 6.86. The van der Waals surface area contributed by atoms with Gasteiger partial charge in [0.2, 0.25) is 0 Å². The predicted molar refractivity (Wildman–Crippen MR) is 154 cm³/mol. The SMILES string of the molecule is CN(CCCNC(=O)Nc1ccc(Oc2ccccc2N)cc1)C[C@H]1O[C@@H](n2cnc3c(N)ccnc32)C(O)C1O. The molecule has 0 bridgehead atoms. The van der Waals surface area contributed by atoms with Crippen molar-refractivity contribution >= 4 is 34.3 Å². The van der Waals surface area contributed by atoms with E-state index >= 15 is 0 Å². The van der Waals surface area contributed by atoms with Crippen LogP contribution in [0.1, 0.15) is 12.6 Å². The minimum atomic E-state index is -1.16. The molecular formula is C28H34N8O5. The van der Waals surface area contributed by atoms with Gasteiger partial charge in [-0.25, -0.2) is 14.8 Å². The lowest BCUT2D eigenvalue weighted by molar-refractivity contribution is -0.0421. The van der Waals surface area contributed by atoms with Gasteiger partial charge in [0, 0.05) is 25.0 Å². The Kier molecular flexibility index (Phi) is 8.50. The van der Waals surface area contributed by atoms with Gasteiger partial charge in [-0.15, -0.1) is 0 Å². The molecule has 0 spiro atoms.